The zero-order chi connectivity index (χ0) is 18.8. The van der Waals surface area contributed by atoms with Crippen molar-refractivity contribution < 1.29 is 23.9 Å². The van der Waals surface area contributed by atoms with Crippen LogP contribution in [0.2, 0.25) is 0 Å². The van der Waals surface area contributed by atoms with Crippen LogP contribution in [-0.4, -0.2) is 41.2 Å². The lowest BCUT2D eigenvalue weighted by atomic mass is 10.0. The number of carbonyl (C=O) groups is 3. The fourth-order valence-corrected chi connectivity index (χ4v) is 2.91. The van der Waals surface area contributed by atoms with Gasteiger partial charge in [0.2, 0.25) is 11.8 Å². The lowest BCUT2D eigenvalue weighted by molar-refractivity contribution is -0.142. The predicted octanol–water partition coefficient (Wildman–Crippen LogP) is 2.04. The maximum absolute atomic E-state index is 13.4. The van der Waals surface area contributed by atoms with Gasteiger partial charge in [0.15, 0.2) is 0 Å². The van der Waals surface area contributed by atoms with Gasteiger partial charge in [0.25, 0.3) is 0 Å². The van der Waals surface area contributed by atoms with Crippen molar-refractivity contribution in [1.82, 2.24) is 10.6 Å². The summed E-state index contributed by atoms with van der Waals surface area (Å²) in [6, 6.07) is 5.32. The highest BCUT2D eigenvalue weighted by Crippen LogP contribution is 2.21. The van der Waals surface area contributed by atoms with E-state index in [0.717, 1.165) is 0 Å². The van der Waals surface area contributed by atoms with Crippen molar-refractivity contribution in [2.45, 2.75) is 37.6 Å². The van der Waals surface area contributed by atoms with E-state index in [4.69, 9.17) is 5.11 Å². The quantitative estimate of drug-likeness (QED) is 0.548. The molecule has 2 amide bonds. The molecule has 0 aliphatic rings. The summed E-state index contributed by atoms with van der Waals surface area (Å²) in [6.45, 7) is 3.43. The number of amides is 2. The van der Waals surface area contributed by atoms with Gasteiger partial charge in [0, 0.05) is 17.1 Å². The van der Waals surface area contributed by atoms with Gasteiger partial charge in [0.05, 0.1) is 6.54 Å². The molecule has 3 N–H and O–H groups in total. The number of rotatable bonds is 10. The summed E-state index contributed by atoms with van der Waals surface area (Å²) in [4.78, 5) is 35.0. The lowest BCUT2D eigenvalue weighted by Gasteiger charge is -2.16. The van der Waals surface area contributed by atoms with E-state index >= 15 is 0 Å². The number of aliphatic carboxylic acids is 1. The Balaban J connectivity index is 2.29. The molecule has 0 saturated heterocycles. The summed E-state index contributed by atoms with van der Waals surface area (Å²) in [5.41, 5.74) is 0. The van der Waals surface area contributed by atoms with Gasteiger partial charge in [0.1, 0.15) is 11.9 Å². The van der Waals surface area contributed by atoms with Gasteiger partial charge in [-0.05, 0) is 24.5 Å². The minimum absolute atomic E-state index is 0.117. The molecule has 0 radical (unpaired) electrons. The SMILES string of the molecule is CC(C)C[C@H](NC(=O)CNC(=O)CCSc1ccccc1F)C(=O)O. The van der Waals surface area contributed by atoms with Crippen LogP contribution in [-0.2, 0) is 14.4 Å². The highest BCUT2D eigenvalue weighted by molar-refractivity contribution is 7.99. The van der Waals surface area contributed by atoms with Crippen molar-refractivity contribution in [1.29, 1.82) is 0 Å². The second-order valence-corrected chi connectivity index (χ2v) is 7.03. The average molecular weight is 370 g/mol. The fourth-order valence-electron chi connectivity index (χ4n) is 2.02. The second kappa shape index (κ2) is 10.7. The maximum atomic E-state index is 13.4. The van der Waals surface area contributed by atoms with E-state index in [-0.39, 0.29) is 30.6 Å². The molecular weight excluding hydrogens is 347 g/mol. The average Bonchev–Trinajstić information content (AvgIpc) is 2.53. The third-order valence-electron chi connectivity index (χ3n) is 3.21. The Bertz CT molecular complexity index is 610. The summed E-state index contributed by atoms with van der Waals surface area (Å²) in [5.74, 6) is -1.85. The summed E-state index contributed by atoms with van der Waals surface area (Å²) in [5, 5.41) is 13.9. The summed E-state index contributed by atoms with van der Waals surface area (Å²) in [6.07, 6.45) is 0.439. The molecule has 1 aromatic carbocycles. The molecular formula is C17H23FN2O4S. The second-order valence-electron chi connectivity index (χ2n) is 5.89. The molecule has 1 aromatic rings. The van der Waals surface area contributed by atoms with Crippen LogP contribution in [0.5, 0.6) is 0 Å². The van der Waals surface area contributed by atoms with Crippen LogP contribution >= 0.6 is 11.8 Å². The van der Waals surface area contributed by atoms with Gasteiger partial charge in [-0.3, -0.25) is 9.59 Å². The molecule has 1 rings (SSSR count). The molecule has 0 heterocycles. The zero-order valence-corrected chi connectivity index (χ0v) is 15.1. The number of thioether (sulfide) groups is 1. The summed E-state index contributed by atoms with van der Waals surface area (Å²) < 4.78 is 13.4. The minimum atomic E-state index is -1.10. The maximum Gasteiger partial charge on any atom is 0.326 e. The van der Waals surface area contributed by atoms with E-state index in [9.17, 15) is 18.8 Å². The largest absolute Gasteiger partial charge is 0.480 e. The van der Waals surface area contributed by atoms with Gasteiger partial charge in [-0.2, -0.15) is 0 Å². The van der Waals surface area contributed by atoms with E-state index < -0.39 is 17.9 Å². The Morgan fingerprint density at radius 2 is 1.88 bits per heavy atom. The molecule has 6 nitrogen and oxygen atoms in total. The Labute approximate surface area is 150 Å². The Kier molecular flexibility index (Phi) is 8.98. The standard InChI is InChI=1S/C17H23FN2O4S/c1-11(2)9-13(17(23)24)20-16(22)10-19-15(21)7-8-25-14-6-4-3-5-12(14)18/h3-6,11,13H,7-10H2,1-2H3,(H,19,21)(H,20,22)(H,23,24)/t13-/m0/s1. The molecule has 0 fully saturated rings. The van der Waals surface area contributed by atoms with E-state index in [2.05, 4.69) is 10.6 Å². The van der Waals surface area contributed by atoms with Crippen molar-refractivity contribution in [2.24, 2.45) is 5.92 Å². The van der Waals surface area contributed by atoms with Crippen LogP contribution in [0.3, 0.4) is 0 Å². The van der Waals surface area contributed by atoms with Crippen molar-refractivity contribution in [2.75, 3.05) is 12.3 Å². The third kappa shape index (κ3) is 8.53. The molecule has 0 unspecified atom stereocenters. The van der Waals surface area contributed by atoms with Crippen molar-refractivity contribution in [3.63, 3.8) is 0 Å². The number of halogens is 1. The number of hydrogen-bond acceptors (Lipinski definition) is 4. The van der Waals surface area contributed by atoms with E-state index in [1.165, 1.54) is 17.8 Å². The highest BCUT2D eigenvalue weighted by atomic mass is 32.2. The molecule has 0 aliphatic carbocycles. The highest BCUT2D eigenvalue weighted by Gasteiger charge is 2.21. The number of carboxylic acid groups (broad SMARTS) is 1. The number of hydrogen-bond donors (Lipinski definition) is 3. The van der Waals surface area contributed by atoms with Crippen molar-refractivity contribution in [3.05, 3.63) is 30.1 Å². The molecule has 8 heteroatoms. The molecule has 0 aliphatic heterocycles. The number of nitrogens with one attached hydrogen (secondary N) is 2. The van der Waals surface area contributed by atoms with Crippen LogP contribution < -0.4 is 10.6 Å². The normalized spacial score (nSPS) is 11.8. The topological polar surface area (TPSA) is 95.5 Å². The van der Waals surface area contributed by atoms with E-state index in [0.29, 0.717) is 17.1 Å². The van der Waals surface area contributed by atoms with Crippen LogP contribution in [0.1, 0.15) is 26.7 Å². The smallest absolute Gasteiger partial charge is 0.326 e. The molecule has 0 aromatic heterocycles. The van der Waals surface area contributed by atoms with Crippen molar-refractivity contribution in [3.8, 4) is 0 Å². The van der Waals surface area contributed by atoms with Gasteiger partial charge in [-0.15, -0.1) is 11.8 Å². The molecule has 138 valence electrons. The monoisotopic (exact) mass is 370 g/mol. The number of carboxylic acids is 1. The number of carbonyl (C=O) groups excluding carboxylic acids is 2. The summed E-state index contributed by atoms with van der Waals surface area (Å²) in [7, 11) is 0. The first-order chi connectivity index (χ1) is 11.8. The van der Waals surface area contributed by atoms with Crippen molar-refractivity contribution >= 4 is 29.5 Å². The van der Waals surface area contributed by atoms with Gasteiger partial charge < -0.3 is 15.7 Å². The van der Waals surface area contributed by atoms with Gasteiger partial charge >= 0.3 is 5.97 Å². The Morgan fingerprint density at radius 3 is 2.48 bits per heavy atom. The van der Waals surface area contributed by atoms with E-state index in [1.54, 1.807) is 18.2 Å². The minimum Gasteiger partial charge on any atom is -0.480 e. The zero-order valence-electron chi connectivity index (χ0n) is 14.3. The molecule has 0 spiro atoms. The first kappa shape index (κ1) is 21.0. The first-order valence-corrected chi connectivity index (χ1v) is 8.94. The molecule has 0 saturated carbocycles. The molecule has 0 bridgehead atoms. The number of benzene rings is 1. The van der Waals surface area contributed by atoms with E-state index in [1.807, 2.05) is 13.8 Å². The third-order valence-corrected chi connectivity index (χ3v) is 4.26. The van der Waals surface area contributed by atoms with Crippen LogP contribution in [0.4, 0.5) is 4.39 Å². The first-order valence-electron chi connectivity index (χ1n) is 7.95. The Morgan fingerprint density at radius 1 is 1.20 bits per heavy atom. The summed E-state index contributed by atoms with van der Waals surface area (Å²) >= 11 is 1.22. The fraction of sp³-hybridized carbons (Fsp3) is 0.471. The van der Waals surface area contributed by atoms with Crippen LogP contribution in [0, 0.1) is 11.7 Å². The predicted molar refractivity (Wildman–Crippen MR) is 93.8 cm³/mol. The van der Waals surface area contributed by atoms with Gasteiger partial charge in [-0.25, -0.2) is 9.18 Å². The molecule has 25 heavy (non-hydrogen) atoms. The van der Waals surface area contributed by atoms with Crippen LogP contribution in [0.25, 0.3) is 0 Å². The van der Waals surface area contributed by atoms with Crippen LogP contribution in [0.15, 0.2) is 29.2 Å². The lowest BCUT2D eigenvalue weighted by Crippen LogP contribution is -2.46. The van der Waals surface area contributed by atoms with Gasteiger partial charge in [-0.1, -0.05) is 26.0 Å². The molecule has 1 atom stereocenters. The Hall–Kier alpha value is -2.09.